The number of benzene rings is 1. The number of carbonyl (C=O) groups excluding carboxylic acids is 1. The number of aliphatic hydroxyl groups is 1. The maximum atomic E-state index is 13.1. The minimum Gasteiger partial charge on any atom is -0.512 e. The van der Waals surface area contributed by atoms with E-state index in [2.05, 4.69) is 32.9 Å². The third-order valence-electron chi connectivity index (χ3n) is 5.98. The molecule has 1 fully saturated rings. The zero-order valence-electron chi connectivity index (χ0n) is 15.8. The van der Waals surface area contributed by atoms with E-state index in [1.54, 1.807) is 0 Å². The highest BCUT2D eigenvalue weighted by atomic mass is 16.5. The molecule has 0 bridgehead atoms. The van der Waals surface area contributed by atoms with Crippen LogP contribution >= 0.6 is 0 Å². The van der Waals surface area contributed by atoms with Gasteiger partial charge in [0.1, 0.15) is 5.76 Å². The van der Waals surface area contributed by atoms with Crippen LogP contribution in [-0.4, -0.2) is 24.1 Å². The molecule has 1 spiro atoms. The summed E-state index contributed by atoms with van der Waals surface area (Å²) >= 11 is 0. The van der Waals surface area contributed by atoms with Gasteiger partial charge in [0.15, 0.2) is 5.78 Å². The Kier molecular flexibility index (Phi) is 5.33. The number of Topliss-reactive ketones (excluding diaryl/α,β-unsaturated/α-hetero) is 1. The van der Waals surface area contributed by atoms with Crippen molar-refractivity contribution in [2.75, 3.05) is 13.2 Å². The van der Waals surface area contributed by atoms with Crippen LogP contribution < -0.4 is 0 Å². The standard InChI is InChI=1S/C22H30O3/c1-4-15-11-16(5-2)20(17(6-3)12-15)21-18(23)13-22(14-19(21)24)7-9-25-10-8-22/h11-12,23H,4-10,13-14H2,1-3H3. The first-order valence-corrected chi connectivity index (χ1v) is 9.71. The van der Waals surface area contributed by atoms with Crippen LogP contribution in [0.3, 0.4) is 0 Å². The Morgan fingerprint density at radius 1 is 1.00 bits per heavy atom. The van der Waals surface area contributed by atoms with Gasteiger partial charge in [-0.15, -0.1) is 0 Å². The molecule has 1 saturated heterocycles. The molecule has 3 nitrogen and oxygen atoms in total. The van der Waals surface area contributed by atoms with Crippen molar-refractivity contribution in [3.8, 4) is 0 Å². The van der Waals surface area contributed by atoms with E-state index < -0.39 is 0 Å². The molecule has 0 atom stereocenters. The van der Waals surface area contributed by atoms with Crippen LogP contribution in [0.1, 0.15) is 68.7 Å². The second kappa shape index (κ2) is 7.33. The summed E-state index contributed by atoms with van der Waals surface area (Å²) in [5.74, 6) is 0.408. The van der Waals surface area contributed by atoms with Gasteiger partial charge in [0.25, 0.3) is 0 Å². The average Bonchev–Trinajstić information content (AvgIpc) is 2.61. The Hall–Kier alpha value is -1.61. The molecule has 3 heteroatoms. The molecule has 1 aliphatic heterocycles. The van der Waals surface area contributed by atoms with E-state index in [9.17, 15) is 9.90 Å². The summed E-state index contributed by atoms with van der Waals surface area (Å²) in [4.78, 5) is 13.1. The minimum absolute atomic E-state index is 0.0922. The molecule has 0 unspecified atom stereocenters. The molecule has 0 amide bonds. The second-order valence-electron chi connectivity index (χ2n) is 7.56. The lowest BCUT2D eigenvalue weighted by Gasteiger charge is -2.40. The molecule has 0 aromatic heterocycles. The van der Waals surface area contributed by atoms with E-state index >= 15 is 0 Å². The summed E-state index contributed by atoms with van der Waals surface area (Å²) in [6.07, 6.45) is 5.62. The van der Waals surface area contributed by atoms with E-state index in [0.29, 0.717) is 37.4 Å². The molecular weight excluding hydrogens is 312 g/mol. The molecule has 2 aliphatic rings. The number of aryl methyl sites for hydroxylation is 3. The van der Waals surface area contributed by atoms with Gasteiger partial charge in [-0.1, -0.05) is 32.9 Å². The van der Waals surface area contributed by atoms with Crippen molar-refractivity contribution in [1.82, 2.24) is 0 Å². The predicted molar refractivity (Wildman–Crippen MR) is 101 cm³/mol. The summed E-state index contributed by atoms with van der Waals surface area (Å²) in [5, 5.41) is 10.9. The second-order valence-corrected chi connectivity index (χ2v) is 7.56. The van der Waals surface area contributed by atoms with Crippen LogP contribution in [0.2, 0.25) is 0 Å². The summed E-state index contributed by atoms with van der Waals surface area (Å²) < 4.78 is 5.47. The van der Waals surface area contributed by atoms with Gasteiger partial charge in [0, 0.05) is 26.1 Å². The Labute approximate surface area is 151 Å². The maximum absolute atomic E-state index is 13.1. The molecule has 0 saturated carbocycles. The third kappa shape index (κ3) is 3.39. The third-order valence-corrected chi connectivity index (χ3v) is 5.98. The van der Waals surface area contributed by atoms with Gasteiger partial charge in [-0.25, -0.2) is 0 Å². The zero-order chi connectivity index (χ0) is 18.0. The van der Waals surface area contributed by atoms with Crippen molar-refractivity contribution in [2.45, 2.75) is 65.7 Å². The fraction of sp³-hybridized carbons (Fsp3) is 0.591. The fourth-order valence-electron chi connectivity index (χ4n) is 4.46. The number of carbonyl (C=O) groups is 1. The SMILES string of the molecule is CCc1cc(CC)c(C2=C(O)CC3(CCOCC3)CC2=O)c(CC)c1. The predicted octanol–water partition coefficient (Wildman–Crippen LogP) is 4.80. The number of ketones is 1. The normalized spacial score (nSPS) is 20.4. The van der Waals surface area contributed by atoms with Gasteiger partial charge in [-0.2, -0.15) is 0 Å². The lowest BCUT2D eigenvalue weighted by atomic mass is 9.67. The minimum atomic E-state index is -0.0922. The molecule has 1 aromatic rings. The first-order valence-electron chi connectivity index (χ1n) is 9.71. The summed E-state index contributed by atoms with van der Waals surface area (Å²) in [7, 11) is 0. The van der Waals surface area contributed by atoms with Crippen LogP contribution in [0.4, 0.5) is 0 Å². The highest BCUT2D eigenvalue weighted by molar-refractivity contribution is 6.23. The van der Waals surface area contributed by atoms with Crippen LogP contribution in [-0.2, 0) is 28.8 Å². The van der Waals surface area contributed by atoms with Crippen molar-refractivity contribution < 1.29 is 14.6 Å². The van der Waals surface area contributed by atoms with Gasteiger partial charge in [0.2, 0.25) is 0 Å². The molecule has 3 rings (SSSR count). The molecule has 1 heterocycles. The van der Waals surface area contributed by atoms with Crippen molar-refractivity contribution in [3.63, 3.8) is 0 Å². The number of ether oxygens (including phenoxy) is 1. The molecule has 1 N–H and O–H groups in total. The molecular formula is C22H30O3. The monoisotopic (exact) mass is 342 g/mol. The lowest BCUT2D eigenvalue weighted by molar-refractivity contribution is -0.118. The zero-order valence-corrected chi connectivity index (χ0v) is 15.8. The molecule has 1 aromatic carbocycles. The van der Waals surface area contributed by atoms with E-state index in [1.165, 1.54) is 16.7 Å². The van der Waals surface area contributed by atoms with E-state index in [0.717, 1.165) is 37.7 Å². The van der Waals surface area contributed by atoms with Crippen LogP contribution in [0.5, 0.6) is 0 Å². The number of hydrogen-bond donors (Lipinski definition) is 1. The molecule has 0 radical (unpaired) electrons. The van der Waals surface area contributed by atoms with E-state index in [4.69, 9.17) is 4.74 Å². The highest BCUT2D eigenvalue weighted by Crippen LogP contribution is 2.47. The Morgan fingerprint density at radius 2 is 1.60 bits per heavy atom. The van der Waals surface area contributed by atoms with Crippen molar-refractivity contribution in [2.24, 2.45) is 5.41 Å². The molecule has 25 heavy (non-hydrogen) atoms. The Balaban J connectivity index is 2.09. The van der Waals surface area contributed by atoms with Crippen LogP contribution in [0.25, 0.3) is 5.57 Å². The summed E-state index contributed by atoms with van der Waals surface area (Å²) in [6, 6.07) is 4.42. The molecule has 136 valence electrons. The first kappa shape index (κ1) is 18.2. The van der Waals surface area contributed by atoms with Gasteiger partial charge in [-0.05, 0) is 59.8 Å². The van der Waals surface area contributed by atoms with Crippen LogP contribution in [0.15, 0.2) is 17.9 Å². The Morgan fingerprint density at radius 3 is 2.08 bits per heavy atom. The van der Waals surface area contributed by atoms with Gasteiger partial charge in [0.05, 0.1) is 5.57 Å². The van der Waals surface area contributed by atoms with Gasteiger partial charge < -0.3 is 9.84 Å². The van der Waals surface area contributed by atoms with E-state index in [1.807, 2.05) is 0 Å². The summed E-state index contributed by atoms with van der Waals surface area (Å²) in [6.45, 7) is 7.81. The van der Waals surface area contributed by atoms with Crippen molar-refractivity contribution in [3.05, 3.63) is 40.1 Å². The number of rotatable bonds is 4. The lowest BCUT2D eigenvalue weighted by Crippen LogP contribution is -2.36. The maximum Gasteiger partial charge on any atom is 0.167 e. The van der Waals surface area contributed by atoms with E-state index in [-0.39, 0.29) is 11.2 Å². The number of allylic oxidation sites excluding steroid dienone is 2. The highest BCUT2D eigenvalue weighted by Gasteiger charge is 2.42. The smallest absolute Gasteiger partial charge is 0.167 e. The van der Waals surface area contributed by atoms with Gasteiger partial charge >= 0.3 is 0 Å². The topological polar surface area (TPSA) is 46.5 Å². The quantitative estimate of drug-likeness (QED) is 0.855. The summed E-state index contributed by atoms with van der Waals surface area (Å²) in [5.41, 5.74) is 5.19. The molecule has 1 aliphatic carbocycles. The largest absolute Gasteiger partial charge is 0.512 e. The Bertz CT molecular complexity index is 668. The number of hydrogen-bond acceptors (Lipinski definition) is 3. The van der Waals surface area contributed by atoms with Gasteiger partial charge in [-0.3, -0.25) is 4.79 Å². The average molecular weight is 342 g/mol. The first-order chi connectivity index (χ1) is 12.0. The van der Waals surface area contributed by atoms with Crippen molar-refractivity contribution in [1.29, 1.82) is 0 Å². The number of aliphatic hydroxyl groups excluding tert-OH is 1. The fourth-order valence-corrected chi connectivity index (χ4v) is 4.46. The van der Waals surface area contributed by atoms with Crippen LogP contribution in [0, 0.1) is 5.41 Å². The van der Waals surface area contributed by atoms with Crippen molar-refractivity contribution >= 4 is 11.4 Å².